The van der Waals surface area contributed by atoms with E-state index in [4.69, 9.17) is 9.72 Å². The molecule has 0 bridgehead atoms. The molecule has 6 heteroatoms. The van der Waals surface area contributed by atoms with E-state index in [0.717, 1.165) is 53.7 Å². The van der Waals surface area contributed by atoms with Crippen LogP contribution in [0.25, 0.3) is 0 Å². The summed E-state index contributed by atoms with van der Waals surface area (Å²) in [6, 6.07) is 8.14. The monoisotopic (exact) mass is 367 g/mol. The van der Waals surface area contributed by atoms with E-state index in [0.29, 0.717) is 31.3 Å². The molecule has 0 amide bonds. The summed E-state index contributed by atoms with van der Waals surface area (Å²) in [5.74, 6) is 3.48. The first-order chi connectivity index (χ1) is 13.1. The summed E-state index contributed by atoms with van der Waals surface area (Å²) in [5, 5.41) is 20.1. The molecule has 2 fully saturated rings. The van der Waals surface area contributed by atoms with Gasteiger partial charge in [0.05, 0.1) is 17.9 Å². The van der Waals surface area contributed by atoms with Crippen LogP contribution in [0.1, 0.15) is 35.5 Å². The van der Waals surface area contributed by atoms with Gasteiger partial charge in [0.1, 0.15) is 24.0 Å². The molecular formula is C21H25N3O3. The fourth-order valence-corrected chi connectivity index (χ4v) is 4.91. The molecule has 27 heavy (non-hydrogen) atoms. The van der Waals surface area contributed by atoms with E-state index in [-0.39, 0.29) is 0 Å². The first kappa shape index (κ1) is 17.0. The molecule has 0 radical (unpaired) electrons. The van der Waals surface area contributed by atoms with Gasteiger partial charge in [0.2, 0.25) is 0 Å². The van der Waals surface area contributed by atoms with E-state index < -0.39 is 12.2 Å². The molecule has 2 aromatic rings. The van der Waals surface area contributed by atoms with Crippen LogP contribution in [-0.2, 0) is 13.0 Å². The van der Waals surface area contributed by atoms with Crippen molar-refractivity contribution < 1.29 is 14.9 Å². The maximum absolute atomic E-state index is 10.1. The number of ether oxygens (including phenoxy) is 1. The predicted octanol–water partition coefficient (Wildman–Crippen LogP) is 1.84. The van der Waals surface area contributed by atoms with Gasteiger partial charge >= 0.3 is 0 Å². The number of aliphatic hydroxyl groups excluding tert-OH is 2. The van der Waals surface area contributed by atoms with Crippen molar-refractivity contribution in [2.45, 2.75) is 45.0 Å². The van der Waals surface area contributed by atoms with E-state index in [2.05, 4.69) is 16.0 Å². The SMILES string of the molecule is Cc1nc2c(c(N3C[C@H]4C[C@H](O)[C@@H](O)C[C@H]4C3)n1)Cc1ccccc1OC2. The number of para-hydroxylation sites is 1. The van der Waals surface area contributed by atoms with Crippen LogP contribution in [0.15, 0.2) is 24.3 Å². The number of hydrogen-bond donors (Lipinski definition) is 2. The number of hydrogen-bond acceptors (Lipinski definition) is 6. The molecule has 1 aliphatic carbocycles. The Bertz CT molecular complexity index is 854. The Hall–Kier alpha value is -2.18. The number of anilines is 1. The van der Waals surface area contributed by atoms with Crippen molar-refractivity contribution in [3.63, 3.8) is 0 Å². The van der Waals surface area contributed by atoms with Crippen molar-refractivity contribution >= 4 is 5.82 Å². The molecule has 1 aromatic carbocycles. The van der Waals surface area contributed by atoms with Gasteiger partial charge in [0.15, 0.2) is 0 Å². The van der Waals surface area contributed by atoms with E-state index >= 15 is 0 Å². The predicted molar refractivity (Wildman–Crippen MR) is 101 cm³/mol. The second-order valence-electron chi connectivity index (χ2n) is 8.12. The number of rotatable bonds is 1. The van der Waals surface area contributed by atoms with E-state index in [1.165, 1.54) is 0 Å². The van der Waals surface area contributed by atoms with Crippen molar-refractivity contribution in [1.29, 1.82) is 0 Å². The number of aromatic nitrogens is 2. The number of benzene rings is 1. The Morgan fingerprint density at radius 1 is 1.04 bits per heavy atom. The standard InChI is InChI=1S/C21H25N3O3/c1-12-22-17-11-27-20-5-3-2-4-13(20)6-16(17)21(23-12)24-9-14-7-18(25)19(26)8-15(14)10-24/h2-5,14-15,18-19,25-26H,6-11H2,1H3/t14-,15+,18-,19-/m0/s1. The Balaban J connectivity index is 1.50. The molecule has 142 valence electrons. The summed E-state index contributed by atoms with van der Waals surface area (Å²) in [6.07, 6.45) is 0.894. The lowest BCUT2D eigenvalue weighted by Crippen LogP contribution is -2.38. The highest BCUT2D eigenvalue weighted by atomic mass is 16.5. The van der Waals surface area contributed by atoms with Crippen LogP contribution in [0.3, 0.4) is 0 Å². The van der Waals surface area contributed by atoms with Gasteiger partial charge < -0.3 is 19.8 Å². The lowest BCUT2D eigenvalue weighted by Gasteiger charge is -2.31. The topological polar surface area (TPSA) is 78.7 Å². The third-order valence-corrected chi connectivity index (χ3v) is 6.30. The lowest BCUT2D eigenvalue weighted by atomic mass is 9.79. The van der Waals surface area contributed by atoms with Crippen molar-refractivity contribution in [2.75, 3.05) is 18.0 Å². The average molecular weight is 367 g/mol. The van der Waals surface area contributed by atoms with Gasteiger partial charge in [-0.3, -0.25) is 0 Å². The molecule has 4 atom stereocenters. The maximum atomic E-state index is 10.1. The van der Waals surface area contributed by atoms with Gasteiger partial charge in [-0.2, -0.15) is 0 Å². The average Bonchev–Trinajstić information content (AvgIpc) is 2.95. The molecule has 0 unspecified atom stereocenters. The first-order valence-electron chi connectivity index (χ1n) is 9.76. The lowest BCUT2D eigenvalue weighted by molar-refractivity contribution is -0.0372. The Morgan fingerprint density at radius 2 is 1.74 bits per heavy atom. The molecule has 5 rings (SSSR count). The summed E-state index contributed by atoms with van der Waals surface area (Å²) < 4.78 is 6.00. The van der Waals surface area contributed by atoms with Crippen molar-refractivity contribution in [3.05, 3.63) is 46.9 Å². The minimum Gasteiger partial charge on any atom is -0.487 e. The summed E-state index contributed by atoms with van der Waals surface area (Å²) in [7, 11) is 0. The Kier molecular flexibility index (Phi) is 4.06. The zero-order chi connectivity index (χ0) is 18.5. The minimum atomic E-state index is -0.601. The second kappa shape index (κ2) is 6.46. The molecule has 2 N–H and O–H groups in total. The summed E-state index contributed by atoms with van der Waals surface area (Å²) in [5.41, 5.74) is 3.27. The first-order valence-corrected chi connectivity index (χ1v) is 9.76. The zero-order valence-electron chi connectivity index (χ0n) is 15.5. The van der Waals surface area contributed by atoms with Gasteiger partial charge in [-0.05, 0) is 43.2 Å². The fourth-order valence-electron chi connectivity index (χ4n) is 4.91. The van der Waals surface area contributed by atoms with Crippen molar-refractivity contribution in [2.24, 2.45) is 11.8 Å². The number of fused-ring (bicyclic) bond motifs is 3. The van der Waals surface area contributed by atoms with Gasteiger partial charge in [0, 0.05) is 25.1 Å². The van der Waals surface area contributed by atoms with E-state index in [9.17, 15) is 10.2 Å². The van der Waals surface area contributed by atoms with Crippen LogP contribution in [0.4, 0.5) is 5.82 Å². The summed E-state index contributed by atoms with van der Waals surface area (Å²) >= 11 is 0. The van der Waals surface area contributed by atoms with E-state index in [1.54, 1.807) is 0 Å². The van der Waals surface area contributed by atoms with E-state index in [1.807, 2.05) is 25.1 Å². The molecular weight excluding hydrogens is 342 g/mol. The van der Waals surface area contributed by atoms with Gasteiger partial charge in [-0.1, -0.05) is 18.2 Å². The molecule has 0 spiro atoms. The molecule has 1 saturated carbocycles. The highest BCUT2D eigenvalue weighted by Gasteiger charge is 2.42. The number of aliphatic hydroxyl groups is 2. The molecule has 6 nitrogen and oxygen atoms in total. The molecule has 2 aliphatic heterocycles. The minimum absolute atomic E-state index is 0.406. The van der Waals surface area contributed by atoms with Crippen LogP contribution in [0.2, 0.25) is 0 Å². The maximum Gasteiger partial charge on any atom is 0.136 e. The molecule has 3 aliphatic rings. The van der Waals surface area contributed by atoms with Crippen LogP contribution in [0.5, 0.6) is 5.75 Å². The number of nitrogens with zero attached hydrogens (tertiary/aromatic N) is 3. The highest BCUT2D eigenvalue weighted by molar-refractivity contribution is 5.54. The van der Waals surface area contributed by atoms with Gasteiger partial charge in [-0.15, -0.1) is 0 Å². The van der Waals surface area contributed by atoms with Crippen LogP contribution < -0.4 is 9.64 Å². The Labute approximate surface area is 158 Å². The van der Waals surface area contributed by atoms with Crippen LogP contribution in [-0.4, -0.2) is 45.5 Å². The Morgan fingerprint density at radius 3 is 2.48 bits per heavy atom. The van der Waals surface area contributed by atoms with Gasteiger partial charge in [0.25, 0.3) is 0 Å². The van der Waals surface area contributed by atoms with Crippen molar-refractivity contribution in [1.82, 2.24) is 9.97 Å². The molecule has 1 aromatic heterocycles. The quantitative estimate of drug-likeness (QED) is 0.801. The fraction of sp³-hybridized carbons (Fsp3) is 0.524. The molecule has 3 heterocycles. The number of aryl methyl sites for hydroxylation is 1. The highest BCUT2D eigenvalue weighted by Crippen LogP contribution is 2.40. The normalized spacial score (nSPS) is 29.4. The van der Waals surface area contributed by atoms with Crippen LogP contribution >= 0.6 is 0 Å². The smallest absolute Gasteiger partial charge is 0.136 e. The second-order valence-corrected chi connectivity index (χ2v) is 8.12. The molecule has 1 saturated heterocycles. The third-order valence-electron chi connectivity index (χ3n) is 6.30. The summed E-state index contributed by atoms with van der Waals surface area (Å²) in [6.45, 7) is 4.14. The van der Waals surface area contributed by atoms with Crippen LogP contribution in [0, 0.1) is 18.8 Å². The third kappa shape index (κ3) is 2.97. The zero-order valence-corrected chi connectivity index (χ0v) is 15.5. The van der Waals surface area contributed by atoms with Crippen molar-refractivity contribution in [3.8, 4) is 5.75 Å². The van der Waals surface area contributed by atoms with Gasteiger partial charge in [-0.25, -0.2) is 9.97 Å². The summed E-state index contributed by atoms with van der Waals surface area (Å²) in [4.78, 5) is 11.8. The largest absolute Gasteiger partial charge is 0.487 e.